The molecule has 6 nitrogen and oxygen atoms in total. The Bertz CT molecular complexity index is 415. The molecule has 7 heteroatoms. The van der Waals surface area contributed by atoms with Crippen LogP contribution in [0, 0.1) is 0 Å². The van der Waals surface area contributed by atoms with Crippen molar-refractivity contribution in [2.75, 3.05) is 19.3 Å². The van der Waals surface area contributed by atoms with Gasteiger partial charge in [0.2, 0.25) is 0 Å². The summed E-state index contributed by atoms with van der Waals surface area (Å²) in [7, 11) is -3.49. The molecular weight excluding hydrogens is 258 g/mol. The highest BCUT2D eigenvalue weighted by Gasteiger charge is 2.46. The first-order chi connectivity index (χ1) is 7.98. The minimum absolute atomic E-state index is 0.156. The lowest BCUT2D eigenvalue weighted by molar-refractivity contribution is -0.924. The van der Waals surface area contributed by atoms with Gasteiger partial charge in [-0.05, 0) is 20.8 Å². The van der Waals surface area contributed by atoms with Crippen LogP contribution < -0.4 is 5.11 Å². The van der Waals surface area contributed by atoms with E-state index >= 15 is 0 Å². The second-order valence-electron chi connectivity index (χ2n) is 5.85. The molecule has 1 aliphatic rings. The Balaban J connectivity index is 2.80. The number of nitrogens with zero attached hydrogens (tertiary/aromatic N) is 1. The number of hydrogen-bond acceptors (Lipinski definition) is 5. The lowest BCUT2D eigenvalue weighted by Gasteiger charge is -2.51. The van der Waals surface area contributed by atoms with Crippen molar-refractivity contribution in [2.24, 2.45) is 0 Å². The van der Waals surface area contributed by atoms with Gasteiger partial charge in [0.1, 0.15) is 0 Å². The zero-order chi connectivity index (χ0) is 14.2. The van der Waals surface area contributed by atoms with Crippen LogP contribution in [0.5, 0.6) is 0 Å². The summed E-state index contributed by atoms with van der Waals surface area (Å²) >= 11 is 0. The van der Waals surface area contributed by atoms with E-state index in [9.17, 15) is 18.3 Å². The van der Waals surface area contributed by atoms with Crippen molar-refractivity contribution in [3.8, 4) is 0 Å². The van der Waals surface area contributed by atoms with E-state index in [1.165, 1.54) is 0 Å². The van der Waals surface area contributed by atoms with E-state index in [0.717, 1.165) is 6.26 Å². The van der Waals surface area contributed by atoms with E-state index in [1.54, 1.807) is 0 Å². The third kappa shape index (κ3) is 3.21. The molecule has 0 saturated carbocycles. The van der Waals surface area contributed by atoms with Crippen LogP contribution in [0.25, 0.3) is 0 Å². The predicted molar refractivity (Wildman–Crippen MR) is 64.1 cm³/mol. The molecule has 0 unspecified atom stereocenters. The Morgan fingerprint density at radius 3 is 2.00 bits per heavy atom. The highest BCUT2D eigenvalue weighted by molar-refractivity contribution is 7.86. The summed E-state index contributed by atoms with van der Waals surface area (Å²) in [5.41, 5.74) is -0.477. The summed E-state index contributed by atoms with van der Waals surface area (Å²) in [4.78, 5) is 11.4. The van der Waals surface area contributed by atoms with E-state index in [-0.39, 0.29) is 4.48 Å². The Kier molecular flexibility index (Phi) is 4.10. The van der Waals surface area contributed by atoms with Gasteiger partial charge >= 0.3 is 0 Å². The summed E-state index contributed by atoms with van der Waals surface area (Å²) < 4.78 is 26.8. The van der Waals surface area contributed by atoms with Crippen LogP contribution in [0.1, 0.15) is 33.6 Å². The molecule has 1 fully saturated rings. The van der Waals surface area contributed by atoms with Gasteiger partial charge in [0.15, 0.2) is 0 Å². The third-order valence-corrected chi connectivity index (χ3v) is 4.23. The van der Waals surface area contributed by atoms with Crippen molar-refractivity contribution in [1.82, 2.24) is 0 Å². The maximum atomic E-state index is 11.4. The smallest absolute Gasteiger partial charge is 0.264 e. The van der Waals surface area contributed by atoms with Gasteiger partial charge in [-0.15, -0.1) is 0 Å². The van der Waals surface area contributed by atoms with Gasteiger partial charge in [0, 0.05) is 12.8 Å². The molecule has 0 atom stereocenters. The lowest BCUT2D eigenvalue weighted by atomic mass is 9.95. The highest BCUT2D eigenvalue weighted by atomic mass is 32.2. The molecule has 0 radical (unpaired) electrons. The van der Waals surface area contributed by atoms with Crippen molar-refractivity contribution in [3.63, 3.8) is 0 Å². The van der Waals surface area contributed by atoms with Gasteiger partial charge in [0.25, 0.3) is 16.2 Å². The van der Waals surface area contributed by atoms with Crippen molar-refractivity contribution in [3.05, 3.63) is 0 Å². The molecule has 0 bridgehead atoms. The van der Waals surface area contributed by atoms with Gasteiger partial charge in [-0.25, -0.2) is 0 Å². The minimum Gasteiger partial charge on any atom is -0.498 e. The largest absolute Gasteiger partial charge is 0.498 e. The second kappa shape index (κ2) is 4.79. The standard InChI is InChI=1S/C11H21NO5S/c1-11(2,3)12(10(13)14)7-5-9(6-8-12)17-18(4,15)16/h9H,5-8H2,1-4H3. The summed E-state index contributed by atoms with van der Waals surface area (Å²) in [5, 5.41) is 11.4. The van der Waals surface area contributed by atoms with Crippen LogP contribution in [0.15, 0.2) is 0 Å². The summed E-state index contributed by atoms with van der Waals surface area (Å²) in [6.07, 6.45) is 0.274. The van der Waals surface area contributed by atoms with Gasteiger partial charge < -0.3 is 9.90 Å². The van der Waals surface area contributed by atoms with E-state index in [2.05, 4.69) is 0 Å². The number of amides is 1. The summed E-state index contributed by atoms with van der Waals surface area (Å²) in [6.45, 7) is 6.19. The molecule has 0 aliphatic carbocycles. The number of quaternary nitrogens is 1. The van der Waals surface area contributed by atoms with Crippen LogP contribution >= 0.6 is 0 Å². The number of piperidine rings is 1. The molecule has 0 aromatic heterocycles. The fourth-order valence-corrected chi connectivity index (χ4v) is 3.14. The topological polar surface area (TPSA) is 83.5 Å². The number of carbonyl (C=O) groups is 1. The van der Waals surface area contributed by atoms with Gasteiger partial charge in [-0.2, -0.15) is 8.42 Å². The predicted octanol–water partition coefficient (Wildman–Crippen LogP) is 0.0836. The zero-order valence-electron chi connectivity index (χ0n) is 11.3. The van der Waals surface area contributed by atoms with Gasteiger partial charge in [0.05, 0.1) is 31.0 Å². The first-order valence-electron chi connectivity index (χ1n) is 5.95. The summed E-state index contributed by atoms with van der Waals surface area (Å²) in [5.74, 6) is 0. The monoisotopic (exact) mass is 279 g/mol. The van der Waals surface area contributed by atoms with Crippen molar-refractivity contribution < 1.29 is 27.0 Å². The molecular formula is C11H21NO5S. The Morgan fingerprint density at radius 2 is 1.72 bits per heavy atom. The molecule has 1 heterocycles. The molecule has 18 heavy (non-hydrogen) atoms. The zero-order valence-corrected chi connectivity index (χ0v) is 12.1. The molecule has 1 saturated heterocycles. The van der Waals surface area contributed by atoms with Crippen LogP contribution in [-0.2, 0) is 14.3 Å². The first-order valence-corrected chi connectivity index (χ1v) is 7.76. The number of carbonyl (C=O) groups excluding carboxylic acids is 1. The van der Waals surface area contributed by atoms with E-state index in [4.69, 9.17) is 4.18 Å². The number of rotatable bonds is 2. The third-order valence-electron chi connectivity index (χ3n) is 3.61. The van der Waals surface area contributed by atoms with Crippen molar-refractivity contribution >= 4 is 16.2 Å². The SMILES string of the molecule is CC(C)(C)[N+]1(C(=O)[O-])CCC(OS(C)(=O)=O)CC1. The van der Waals surface area contributed by atoms with Crippen LogP contribution in [0.2, 0.25) is 0 Å². The number of carboxylic acid groups (broad SMARTS) is 1. The Hall–Kier alpha value is -0.660. The van der Waals surface area contributed by atoms with E-state index < -0.39 is 27.9 Å². The number of likely N-dealkylation sites (tertiary alicyclic amines) is 1. The maximum absolute atomic E-state index is 11.4. The van der Waals surface area contributed by atoms with Crippen LogP contribution in [0.3, 0.4) is 0 Å². The molecule has 106 valence electrons. The van der Waals surface area contributed by atoms with E-state index in [0.29, 0.717) is 25.9 Å². The highest BCUT2D eigenvalue weighted by Crippen LogP contribution is 2.31. The van der Waals surface area contributed by atoms with Gasteiger partial charge in [-0.1, -0.05) is 0 Å². The average molecular weight is 279 g/mol. The number of hydrogen-bond donors (Lipinski definition) is 0. The Labute approximate surface area is 108 Å². The quantitative estimate of drug-likeness (QED) is 0.528. The fraction of sp³-hybridized carbons (Fsp3) is 0.909. The maximum Gasteiger partial charge on any atom is 0.264 e. The average Bonchev–Trinajstić information content (AvgIpc) is 2.13. The minimum atomic E-state index is -3.49. The molecule has 0 aromatic carbocycles. The van der Waals surface area contributed by atoms with E-state index in [1.807, 2.05) is 20.8 Å². The van der Waals surface area contributed by atoms with Crippen molar-refractivity contribution in [1.29, 1.82) is 0 Å². The molecule has 0 N–H and O–H groups in total. The van der Waals surface area contributed by atoms with Crippen LogP contribution in [-0.4, -0.2) is 50.0 Å². The Morgan fingerprint density at radius 1 is 1.28 bits per heavy atom. The van der Waals surface area contributed by atoms with Gasteiger partial charge in [-0.3, -0.25) is 8.67 Å². The molecule has 1 aliphatic heterocycles. The van der Waals surface area contributed by atoms with Crippen LogP contribution in [0.4, 0.5) is 4.79 Å². The lowest BCUT2D eigenvalue weighted by Crippen LogP contribution is -2.70. The molecule has 1 amide bonds. The molecule has 0 aromatic rings. The molecule has 0 spiro atoms. The van der Waals surface area contributed by atoms with Crippen molar-refractivity contribution in [2.45, 2.75) is 45.3 Å². The molecule has 1 rings (SSSR count). The first kappa shape index (κ1) is 15.4. The second-order valence-corrected chi connectivity index (χ2v) is 7.45. The normalized spacial score (nSPS) is 30.1. The fourth-order valence-electron chi connectivity index (χ4n) is 2.46. The summed E-state index contributed by atoms with van der Waals surface area (Å²) in [6, 6.07) is 0.